The van der Waals surface area contributed by atoms with Crippen LogP contribution in [0.15, 0.2) is 48.5 Å². The predicted octanol–water partition coefficient (Wildman–Crippen LogP) is 4.53. The molecular weight excluding hydrogens is 416 g/mol. The highest BCUT2D eigenvalue weighted by molar-refractivity contribution is 5.24. The van der Waals surface area contributed by atoms with Crippen molar-refractivity contribution in [1.82, 2.24) is 19.6 Å². The summed E-state index contributed by atoms with van der Waals surface area (Å²) in [6.07, 6.45) is 7.48. The average Bonchev–Trinajstić information content (AvgIpc) is 3.18. The Labute approximate surface area is 208 Å². The zero-order chi connectivity index (χ0) is 23.6. The molecule has 2 aromatic rings. The van der Waals surface area contributed by atoms with E-state index in [1.807, 2.05) is 0 Å². The van der Waals surface area contributed by atoms with E-state index in [0.29, 0.717) is 0 Å². The molecule has 0 aliphatic carbocycles. The zero-order valence-electron chi connectivity index (χ0n) is 21.7. The molecule has 2 aromatic carbocycles. The largest absolute Gasteiger partial charge is 0.305 e. The Morgan fingerprint density at radius 1 is 0.471 bits per heavy atom. The molecule has 186 valence electrons. The quantitative estimate of drug-likeness (QED) is 0.508. The minimum absolute atomic E-state index is 1.10. The van der Waals surface area contributed by atoms with E-state index in [2.05, 4.69) is 82.2 Å². The van der Waals surface area contributed by atoms with Crippen LogP contribution in [0, 0.1) is 0 Å². The lowest BCUT2D eigenvalue weighted by molar-refractivity contribution is 0.269. The SMILES string of the molecule is CN1CCCN(Cc2ccc(CCCCc3ccc(CN4CCCN(C)CC4)cc3)cc2)CC1. The molecule has 0 spiro atoms. The molecule has 4 rings (SSSR count). The molecule has 2 heterocycles. The van der Waals surface area contributed by atoms with Gasteiger partial charge in [0.1, 0.15) is 0 Å². The number of hydrogen-bond donors (Lipinski definition) is 0. The van der Waals surface area contributed by atoms with Gasteiger partial charge in [-0.2, -0.15) is 0 Å². The van der Waals surface area contributed by atoms with Gasteiger partial charge in [-0.15, -0.1) is 0 Å². The number of benzene rings is 2. The molecule has 2 fully saturated rings. The second kappa shape index (κ2) is 13.4. The normalized spacial score (nSPS) is 19.7. The minimum atomic E-state index is 1.10. The lowest BCUT2D eigenvalue weighted by atomic mass is 10.0. The van der Waals surface area contributed by atoms with Crippen LogP contribution in [-0.4, -0.2) is 86.1 Å². The topological polar surface area (TPSA) is 13.0 Å². The second-order valence-electron chi connectivity index (χ2n) is 10.7. The fraction of sp³-hybridized carbons (Fsp3) is 0.600. The van der Waals surface area contributed by atoms with Crippen molar-refractivity contribution in [2.45, 2.75) is 51.6 Å². The fourth-order valence-electron chi connectivity index (χ4n) is 5.31. The van der Waals surface area contributed by atoms with E-state index in [0.717, 1.165) is 13.1 Å². The van der Waals surface area contributed by atoms with E-state index in [1.54, 1.807) is 0 Å². The Hall–Kier alpha value is -1.72. The zero-order valence-corrected chi connectivity index (χ0v) is 21.7. The van der Waals surface area contributed by atoms with Gasteiger partial charge in [0.2, 0.25) is 0 Å². The maximum Gasteiger partial charge on any atom is 0.0234 e. The van der Waals surface area contributed by atoms with E-state index in [-0.39, 0.29) is 0 Å². The Bertz CT molecular complexity index is 760. The molecule has 0 radical (unpaired) electrons. The van der Waals surface area contributed by atoms with Gasteiger partial charge in [0.25, 0.3) is 0 Å². The third-order valence-corrected chi connectivity index (χ3v) is 7.66. The summed E-state index contributed by atoms with van der Waals surface area (Å²) in [5.74, 6) is 0. The highest BCUT2D eigenvalue weighted by Gasteiger charge is 2.13. The fourth-order valence-corrected chi connectivity index (χ4v) is 5.31. The average molecular weight is 463 g/mol. The van der Waals surface area contributed by atoms with Crippen molar-refractivity contribution < 1.29 is 0 Å². The van der Waals surface area contributed by atoms with Crippen LogP contribution >= 0.6 is 0 Å². The third-order valence-electron chi connectivity index (χ3n) is 7.66. The second-order valence-corrected chi connectivity index (χ2v) is 10.7. The van der Waals surface area contributed by atoms with Gasteiger partial charge in [-0.25, -0.2) is 0 Å². The molecule has 2 aliphatic rings. The smallest absolute Gasteiger partial charge is 0.0234 e. The maximum atomic E-state index is 2.61. The summed E-state index contributed by atoms with van der Waals surface area (Å²) in [6.45, 7) is 11.9. The van der Waals surface area contributed by atoms with Crippen molar-refractivity contribution in [3.63, 3.8) is 0 Å². The minimum Gasteiger partial charge on any atom is -0.305 e. The Morgan fingerprint density at radius 2 is 0.853 bits per heavy atom. The molecule has 0 unspecified atom stereocenters. The van der Waals surface area contributed by atoms with Crippen molar-refractivity contribution in [2.24, 2.45) is 0 Å². The van der Waals surface area contributed by atoms with Crippen molar-refractivity contribution in [2.75, 3.05) is 66.5 Å². The van der Waals surface area contributed by atoms with Crippen molar-refractivity contribution in [3.05, 3.63) is 70.8 Å². The lowest BCUT2D eigenvalue weighted by Crippen LogP contribution is -2.28. The van der Waals surface area contributed by atoms with E-state index < -0.39 is 0 Å². The van der Waals surface area contributed by atoms with Crippen LogP contribution < -0.4 is 0 Å². The molecule has 2 saturated heterocycles. The van der Waals surface area contributed by atoms with Gasteiger partial charge >= 0.3 is 0 Å². The summed E-state index contributed by atoms with van der Waals surface area (Å²) in [7, 11) is 4.48. The first-order valence-corrected chi connectivity index (χ1v) is 13.6. The first-order valence-electron chi connectivity index (χ1n) is 13.6. The Kier molecular flexibility index (Phi) is 9.99. The van der Waals surface area contributed by atoms with Gasteiger partial charge in [0.15, 0.2) is 0 Å². The number of likely N-dealkylation sites (N-methyl/N-ethyl adjacent to an activating group) is 2. The van der Waals surface area contributed by atoms with Gasteiger partial charge in [-0.3, -0.25) is 9.80 Å². The Balaban J connectivity index is 1.14. The third kappa shape index (κ3) is 8.49. The van der Waals surface area contributed by atoms with Gasteiger partial charge < -0.3 is 9.80 Å². The predicted molar refractivity (Wildman–Crippen MR) is 144 cm³/mol. The van der Waals surface area contributed by atoms with E-state index in [4.69, 9.17) is 0 Å². The summed E-state index contributed by atoms with van der Waals surface area (Å²) >= 11 is 0. The molecular formula is C30H46N4. The monoisotopic (exact) mass is 462 g/mol. The van der Waals surface area contributed by atoms with Crippen LogP contribution in [0.5, 0.6) is 0 Å². The first kappa shape index (κ1) is 25.4. The highest BCUT2D eigenvalue weighted by Crippen LogP contribution is 2.15. The van der Waals surface area contributed by atoms with E-state index >= 15 is 0 Å². The van der Waals surface area contributed by atoms with Gasteiger partial charge in [-0.05, 0) is 101 Å². The molecule has 0 N–H and O–H groups in total. The molecule has 2 aliphatic heterocycles. The molecule has 0 saturated carbocycles. The lowest BCUT2D eigenvalue weighted by Gasteiger charge is -2.20. The summed E-state index contributed by atoms with van der Waals surface area (Å²) in [6, 6.07) is 18.8. The summed E-state index contributed by atoms with van der Waals surface area (Å²) < 4.78 is 0. The molecule has 0 aromatic heterocycles. The molecule has 4 nitrogen and oxygen atoms in total. The van der Waals surface area contributed by atoms with Crippen LogP contribution in [0.1, 0.15) is 47.9 Å². The van der Waals surface area contributed by atoms with Crippen LogP contribution in [0.3, 0.4) is 0 Å². The number of aryl methyl sites for hydroxylation is 2. The molecule has 0 atom stereocenters. The van der Waals surface area contributed by atoms with Crippen LogP contribution in [-0.2, 0) is 25.9 Å². The van der Waals surface area contributed by atoms with Crippen molar-refractivity contribution in [1.29, 1.82) is 0 Å². The van der Waals surface area contributed by atoms with Gasteiger partial charge in [0, 0.05) is 39.3 Å². The van der Waals surface area contributed by atoms with Crippen molar-refractivity contribution >= 4 is 0 Å². The van der Waals surface area contributed by atoms with Crippen molar-refractivity contribution in [3.8, 4) is 0 Å². The molecule has 34 heavy (non-hydrogen) atoms. The number of hydrogen-bond acceptors (Lipinski definition) is 4. The summed E-state index contributed by atoms with van der Waals surface area (Å²) in [5, 5.41) is 0. The van der Waals surface area contributed by atoms with E-state index in [9.17, 15) is 0 Å². The maximum absolute atomic E-state index is 2.61. The highest BCUT2D eigenvalue weighted by atomic mass is 15.2. The van der Waals surface area contributed by atoms with Gasteiger partial charge in [0.05, 0.1) is 0 Å². The number of unbranched alkanes of at least 4 members (excludes halogenated alkanes) is 1. The standard InChI is InChI=1S/C30H46N4/c1-31-17-5-19-33(23-21-31)25-29-13-9-27(10-14-29)7-3-4-8-28-11-15-30(16-12-28)26-34-20-6-18-32(2)22-24-34/h9-16H,3-8,17-26H2,1-2H3. The molecule has 0 bridgehead atoms. The molecule has 4 heteroatoms. The summed E-state index contributed by atoms with van der Waals surface area (Å²) in [4.78, 5) is 10.1. The van der Waals surface area contributed by atoms with Crippen LogP contribution in [0.25, 0.3) is 0 Å². The van der Waals surface area contributed by atoms with Crippen LogP contribution in [0.2, 0.25) is 0 Å². The Morgan fingerprint density at radius 3 is 1.26 bits per heavy atom. The number of rotatable bonds is 9. The van der Waals surface area contributed by atoms with Crippen LogP contribution in [0.4, 0.5) is 0 Å². The number of nitrogens with zero attached hydrogens (tertiary/aromatic N) is 4. The first-order chi connectivity index (χ1) is 16.6. The summed E-state index contributed by atoms with van der Waals surface area (Å²) in [5.41, 5.74) is 5.89. The molecule has 0 amide bonds. The van der Waals surface area contributed by atoms with Gasteiger partial charge in [-0.1, -0.05) is 48.5 Å². The van der Waals surface area contributed by atoms with E-state index in [1.165, 1.54) is 113 Å².